The molecule has 4 nitrogen and oxygen atoms in total. The molecule has 1 fully saturated rings. The van der Waals surface area contributed by atoms with Crippen molar-refractivity contribution in [3.63, 3.8) is 0 Å². The zero-order valence-corrected chi connectivity index (χ0v) is 12.1. The molecular formula is C12H9NO3S3. The molecule has 0 unspecified atom stereocenters. The highest BCUT2D eigenvalue weighted by Crippen LogP contribution is 2.39. The minimum Gasteiger partial charge on any atom is -0.307 e. The Labute approximate surface area is 120 Å². The number of hydrogen-bond acceptors (Lipinski definition) is 5. The fraction of sp³-hybridized carbons (Fsp3) is 0.167. The number of rotatable bonds is 0. The van der Waals surface area contributed by atoms with Gasteiger partial charge in [0.05, 0.1) is 15.6 Å². The molecule has 0 bridgehead atoms. The number of sulfone groups is 1. The highest BCUT2D eigenvalue weighted by molar-refractivity contribution is 8.26. The van der Waals surface area contributed by atoms with Crippen LogP contribution in [0.1, 0.15) is 12.0 Å². The third-order valence-electron chi connectivity index (χ3n) is 3.06. The van der Waals surface area contributed by atoms with Gasteiger partial charge in [-0.1, -0.05) is 42.2 Å². The van der Waals surface area contributed by atoms with E-state index in [1.807, 2.05) is 0 Å². The summed E-state index contributed by atoms with van der Waals surface area (Å²) in [5, 5.41) is 2.56. The van der Waals surface area contributed by atoms with Crippen LogP contribution in [0.25, 0.3) is 5.57 Å². The van der Waals surface area contributed by atoms with Gasteiger partial charge in [0, 0.05) is 0 Å². The van der Waals surface area contributed by atoms with E-state index in [1.54, 1.807) is 24.3 Å². The second-order valence-electron chi connectivity index (χ2n) is 4.22. The standard InChI is InChI=1S/C12H9NO3S3/c14-11-10(18-12(17)13-11)8-5-6-19(15,16)9-4-2-1-3-7(8)9/h1-4H,5-6H2,(H,13,14,17)/b10-8-. The average Bonchev–Trinajstić information content (AvgIpc) is 2.69. The molecule has 0 aliphatic carbocycles. The quantitative estimate of drug-likeness (QED) is 0.584. The Balaban J connectivity index is 2.25. The van der Waals surface area contributed by atoms with Crippen LogP contribution in [0.15, 0.2) is 34.1 Å². The number of carbonyl (C=O) groups excluding carboxylic acids is 1. The third kappa shape index (κ3) is 2.11. The van der Waals surface area contributed by atoms with Gasteiger partial charge in [0.15, 0.2) is 9.84 Å². The maximum absolute atomic E-state index is 12.0. The third-order valence-corrected chi connectivity index (χ3v) is 6.10. The Kier molecular flexibility index (Phi) is 2.99. The molecule has 1 aromatic rings. The van der Waals surface area contributed by atoms with E-state index < -0.39 is 9.84 Å². The van der Waals surface area contributed by atoms with Gasteiger partial charge in [0.2, 0.25) is 0 Å². The zero-order chi connectivity index (χ0) is 13.6. The van der Waals surface area contributed by atoms with Crippen LogP contribution in [-0.2, 0) is 14.6 Å². The molecule has 2 aliphatic rings. The normalized spacial score (nSPS) is 25.1. The van der Waals surface area contributed by atoms with Crippen LogP contribution < -0.4 is 5.32 Å². The number of hydrogen-bond donors (Lipinski definition) is 1. The van der Waals surface area contributed by atoms with Crippen molar-refractivity contribution in [2.24, 2.45) is 0 Å². The van der Waals surface area contributed by atoms with Crippen LogP contribution in [0, 0.1) is 0 Å². The lowest BCUT2D eigenvalue weighted by Crippen LogP contribution is -2.20. The Morgan fingerprint density at radius 2 is 2.00 bits per heavy atom. The Hall–Kier alpha value is -1.18. The molecule has 1 amide bonds. The molecule has 7 heteroatoms. The fourth-order valence-electron chi connectivity index (χ4n) is 2.22. The monoisotopic (exact) mass is 311 g/mol. The van der Waals surface area contributed by atoms with Gasteiger partial charge in [-0.3, -0.25) is 4.79 Å². The van der Waals surface area contributed by atoms with Gasteiger partial charge in [0.25, 0.3) is 5.91 Å². The van der Waals surface area contributed by atoms with Crippen LogP contribution in [0.4, 0.5) is 0 Å². The van der Waals surface area contributed by atoms with Gasteiger partial charge < -0.3 is 5.32 Å². The maximum Gasteiger partial charge on any atom is 0.263 e. The first-order valence-corrected chi connectivity index (χ1v) is 8.45. The van der Waals surface area contributed by atoms with Crippen LogP contribution in [0.5, 0.6) is 0 Å². The summed E-state index contributed by atoms with van der Waals surface area (Å²) >= 11 is 6.16. The lowest BCUT2D eigenvalue weighted by molar-refractivity contribution is -0.115. The number of carbonyl (C=O) groups is 1. The highest BCUT2D eigenvalue weighted by atomic mass is 32.2. The fourth-order valence-corrected chi connectivity index (χ4v) is 4.87. The van der Waals surface area contributed by atoms with E-state index >= 15 is 0 Å². The van der Waals surface area contributed by atoms with Crippen LogP contribution >= 0.6 is 24.0 Å². The van der Waals surface area contributed by atoms with Crippen LogP contribution in [0.2, 0.25) is 0 Å². The van der Waals surface area contributed by atoms with E-state index in [0.717, 1.165) is 5.57 Å². The van der Waals surface area contributed by atoms with E-state index in [2.05, 4.69) is 5.32 Å². The second-order valence-corrected chi connectivity index (χ2v) is 7.98. The first-order chi connectivity index (χ1) is 8.99. The molecule has 0 atom stereocenters. The molecule has 1 N–H and O–H groups in total. The summed E-state index contributed by atoms with van der Waals surface area (Å²) in [6.07, 6.45) is 0.345. The van der Waals surface area contributed by atoms with Crippen molar-refractivity contribution in [2.45, 2.75) is 11.3 Å². The smallest absolute Gasteiger partial charge is 0.263 e. The zero-order valence-electron chi connectivity index (χ0n) is 9.67. The number of amides is 1. The summed E-state index contributed by atoms with van der Waals surface area (Å²) in [5.41, 5.74) is 1.39. The molecule has 0 radical (unpaired) electrons. The minimum atomic E-state index is -3.24. The van der Waals surface area contributed by atoms with Crippen molar-refractivity contribution in [1.29, 1.82) is 0 Å². The molecule has 0 aromatic heterocycles. The van der Waals surface area contributed by atoms with E-state index in [-0.39, 0.29) is 11.7 Å². The van der Waals surface area contributed by atoms with E-state index in [0.29, 0.717) is 26.1 Å². The molecular weight excluding hydrogens is 302 g/mol. The minimum absolute atomic E-state index is 0.0312. The van der Waals surface area contributed by atoms with Crippen molar-refractivity contribution >= 4 is 49.6 Å². The summed E-state index contributed by atoms with van der Waals surface area (Å²) in [6, 6.07) is 6.79. The van der Waals surface area contributed by atoms with Gasteiger partial charge in [-0.25, -0.2) is 8.42 Å². The molecule has 0 spiro atoms. The van der Waals surface area contributed by atoms with Crippen molar-refractivity contribution in [1.82, 2.24) is 5.32 Å². The highest BCUT2D eigenvalue weighted by Gasteiger charge is 2.33. The number of benzene rings is 1. The van der Waals surface area contributed by atoms with Crippen molar-refractivity contribution in [2.75, 3.05) is 5.75 Å². The Bertz CT molecular complexity index is 734. The predicted octanol–water partition coefficient (Wildman–Crippen LogP) is 1.72. The van der Waals surface area contributed by atoms with Gasteiger partial charge in [0.1, 0.15) is 4.32 Å². The number of thioether (sulfide) groups is 1. The lowest BCUT2D eigenvalue weighted by Gasteiger charge is -2.20. The molecule has 3 rings (SSSR count). The maximum atomic E-state index is 12.0. The summed E-state index contributed by atoms with van der Waals surface area (Å²) in [4.78, 5) is 12.6. The van der Waals surface area contributed by atoms with Crippen molar-refractivity contribution in [3.05, 3.63) is 34.7 Å². The number of nitrogens with one attached hydrogen (secondary N) is 1. The van der Waals surface area contributed by atoms with Gasteiger partial charge in [-0.2, -0.15) is 0 Å². The molecule has 2 aliphatic heterocycles. The van der Waals surface area contributed by atoms with Gasteiger partial charge >= 0.3 is 0 Å². The average molecular weight is 311 g/mol. The molecule has 0 saturated carbocycles. The molecule has 19 heavy (non-hydrogen) atoms. The van der Waals surface area contributed by atoms with E-state index in [9.17, 15) is 13.2 Å². The summed E-state index contributed by atoms with van der Waals surface area (Å²) in [5.74, 6) is -0.206. The number of fused-ring (bicyclic) bond motifs is 1. The number of thiocarbonyl (C=S) groups is 1. The molecule has 1 saturated heterocycles. The van der Waals surface area contributed by atoms with Gasteiger partial charge in [-0.15, -0.1) is 0 Å². The first kappa shape index (κ1) is 12.8. The summed E-state index contributed by atoms with van der Waals surface area (Å²) in [7, 11) is -3.24. The Morgan fingerprint density at radius 3 is 2.68 bits per heavy atom. The summed E-state index contributed by atoms with van der Waals surface area (Å²) < 4.78 is 24.5. The second kappa shape index (κ2) is 4.43. The van der Waals surface area contributed by atoms with Crippen molar-refractivity contribution < 1.29 is 13.2 Å². The predicted molar refractivity (Wildman–Crippen MR) is 78.4 cm³/mol. The van der Waals surface area contributed by atoms with E-state index in [1.165, 1.54) is 11.8 Å². The van der Waals surface area contributed by atoms with Crippen molar-refractivity contribution in [3.8, 4) is 0 Å². The van der Waals surface area contributed by atoms with E-state index in [4.69, 9.17) is 12.2 Å². The largest absolute Gasteiger partial charge is 0.307 e. The number of allylic oxidation sites excluding steroid dienone is 1. The first-order valence-electron chi connectivity index (χ1n) is 5.57. The van der Waals surface area contributed by atoms with Crippen LogP contribution in [-0.4, -0.2) is 24.4 Å². The SMILES string of the molecule is O=C1NC(=S)S/C1=C1/CCS(=O)(=O)c2ccccc21. The summed E-state index contributed by atoms with van der Waals surface area (Å²) in [6.45, 7) is 0. The Morgan fingerprint density at radius 1 is 1.26 bits per heavy atom. The van der Waals surface area contributed by atoms with Crippen LogP contribution in [0.3, 0.4) is 0 Å². The molecule has 1 aromatic carbocycles. The lowest BCUT2D eigenvalue weighted by atomic mass is 10.0. The van der Waals surface area contributed by atoms with Gasteiger partial charge in [-0.05, 0) is 23.6 Å². The topological polar surface area (TPSA) is 63.2 Å². The molecule has 2 heterocycles. The molecule has 98 valence electrons.